The van der Waals surface area contributed by atoms with E-state index in [9.17, 15) is 33.9 Å². The number of benzene rings is 1. The summed E-state index contributed by atoms with van der Waals surface area (Å²) in [6.07, 6.45) is 7.38. The largest absolute Gasteiger partial charge is 0.480 e. The van der Waals surface area contributed by atoms with Gasteiger partial charge in [0.05, 0.1) is 18.1 Å². The second-order valence-electron chi connectivity index (χ2n) is 10.9. The maximum absolute atomic E-state index is 13.7. The zero-order valence-corrected chi connectivity index (χ0v) is 26.6. The lowest BCUT2D eigenvalue weighted by Gasteiger charge is -2.29. The number of carbonyl (C=O) groups excluding carboxylic acids is 5. The fourth-order valence-corrected chi connectivity index (χ4v) is 4.81. The van der Waals surface area contributed by atoms with E-state index in [0.717, 1.165) is 0 Å². The molecule has 0 aliphatic carbocycles. The van der Waals surface area contributed by atoms with E-state index in [1.807, 2.05) is 0 Å². The van der Waals surface area contributed by atoms with Gasteiger partial charge in [-0.1, -0.05) is 43.5 Å². The zero-order valence-electron chi connectivity index (χ0n) is 26.6. The zero-order chi connectivity index (χ0) is 35.1. The van der Waals surface area contributed by atoms with Crippen LogP contribution in [0.5, 0.6) is 0 Å². The third-order valence-corrected chi connectivity index (χ3v) is 7.62. The highest BCUT2D eigenvalue weighted by Gasteiger charge is 2.40. The van der Waals surface area contributed by atoms with E-state index in [1.54, 1.807) is 44.3 Å². The van der Waals surface area contributed by atoms with Crippen molar-refractivity contribution in [3.8, 4) is 0 Å². The van der Waals surface area contributed by atoms with Crippen LogP contribution in [0.4, 0.5) is 5.69 Å². The number of carboxylic acids is 1. The molecule has 4 amide bonds. The molecule has 0 bridgehead atoms. The van der Waals surface area contributed by atoms with E-state index in [-0.39, 0.29) is 38.1 Å². The number of likely N-dealkylation sites (N-methyl/N-ethyl adjacent to an activating group) is 1. The van der Waals surface area contributed by atoms with Gasteiger partial charge in [0.1, 0.15) is 18.4 Å². The van der Waals surface area contributed by atoms with Crippen molar-refractivity contribution in [1.82, 2.24) is 25.9 Å². The summed E-state index contributed by atoms with van der Waals surface area (Å²) in [6.45, 7) is 9.11. The third-order valence-electron chi connectivity index (χ3n) is 7.62. The van der Waals surface area contributed by atoms with E-state index in [1.165, 1.54) is 28.3 Å². The summed E-state index contributed by atoms with van der Waals surface area (Å²) in [4.78, 5) is 74.1. The Hall–Kier alpha value is -5.28. The van der Waals surface area contributed by atoms with Crippen LogP contribution in [-0.2, 0) is 35.2 Å². The smallest absolute Gasteiger partial charge is 0.326 e. The fraction of sp³-hybridized carbons (Fsp3) is 0.375. The van der Waals surface area contributed by atoms with E-state index in [4.69, 9.17) is 11.6 Å². The number of rotatable bonds is 19. The number of hydrazine groups is 1. The Bertz CT molecular complexity index is 1380. The van der Waals surface area contributed by atoms with E-state index >= 15 is 0 Å². The monoisotopic (exact) mass is 652 g/mol. The van der Waals surface area contributed by atoms with Crippen LogP contribution in [0.2, 0.25) is 0 Å². The molecular weight excluding hydrogens is 608 g/mol. The van der Waals surface area contributed by atoms with Gasteiger partial charge in [0.2, 0.25) is 24.1 Å². The highest BCUT2D eigenvalue weighted by molar-refractivity contribution is 5.94. The molecule has 5 atom stereocenters. The molecule has 1 heterocycles. The number of likely N-dealkylation sites (tertiary alicyclic amines) is 1. The second kappa shape index (κ2) is 18.6. The first-order valence-corrected chi connectivity index (χ1v) is 14.9. The van der Waals surface area contributed by atoms with Gasteiger partial charge in [-0.15, -0.1) is 0 Å². The van der Waals surface area contributed by atoms with Gasteiger partial charge in [-0.3, -0.25) is 19.2 Å². The summed E-state index contributed by atoms with van der Waals surface area (Å²) in [5, 5.41) is 21.0. The SMILES string of the molecule is C=C/C=C(\C=C)C(NC(=O)C(C)NC)C(=O)N1CC(N(N)/C=C(\N)CCC(=O)Nc2ccc(CC(NC=O)C(=O)O)cc2)CC1C=O. The first kappa shape index (κ1) is 37.9. The number of allylic oxidation sites excluding steroid dienone is 3. The van der Waals surface area contributed by atoms with Crippen LogP contribution in [0, 0.1) is 0 Å². The normalized spacial score (nSPS) is 18.2. The summed E-state index contributed by atoms with van der Waals surface area (Å²) in [5.41, 5.74) is 7.98. The molecule has 0 saturated carbocycles. The third kappa shape index (κ3) is 11.2. The average molecular weight is 653 g/mol. The van der Waals surface area contributed by atoms with Gasteiger partial charge in [-0.2, -0.15) is 0 Å². The number of hydrogen-bond donors (Lipinski definition) is 7. The van der Waals surface area contributed by atoms with Gasteiger partial charge in [-0.25, -0.2) is 10.6 Å². The van der Waals surface area contributed by atoms with E-state index in [0.29, 0.717) is 35.2 Å². The number of carboxylic acid groups (broad SMARTS) is 1. The molecule has 15 heteroatoms. The molecule has 0 spiro atoms. The summed E-state index contributed by atoms with van der Waals surface area (Å²) < 4.78 is 0. The van der Waals surface area contributed by atoms with Crippen LogP contribution < -0.4 is 32.8 Å². The van der Waals surface area contributed by atoms with Crippen molar-refractivity contribution in [3.63, 3.8) is 0 Å². The van der Waals surface area contributed by atoms with Gasteiger partial charge >= 0.3 is 5.97 Å². The van der Waals surface area contributed by atoms with Crippen LogP contribution >= 0.6 is 0 Å². The molecule has 0 radical (unpaired) electrons. The first-order chi connectivity index (χ1) is 22.4. The number of nitrogens with zero attached hydrogens (tertiary/aromatic N) is 2. The van der Waals surface area contributed by atoms with Crippen molar-refractivity contribution in [2.45, 2.75) is 62.8 Å². The predicted molar refractivity (Wildman–Crippen MR) is 176 cm³/mol. The fourth-order valence-electron chi connectivity index (χ4n) is 4.81. The molecule has 1 aliphatic rings. The lowest BCUT2D eigenvalue weighted by molar-refractivity contribution is -0.140. The number of anilines is 1. The lowest BCUT2D eigenvalue weighted by atomic mass is 10.0. The van der Waals surface area contributed by atoms with Crippen LogP contribution in [-0.4, -0.2) is 95.2 Å². The Balaban J connectivity index is 2.02. The minimum atomic E-state index is -1.16. The molecular formula is C32H44N8O7. The molecule has 5 unspecified atom stereocenters. The second-order valence-corrected chi connectivity index (χ2v) is 10.9. The van der Waals surface area contributed by atoms with Crippen molar-refractivity contribution in [2.75, 3.05) is 18.9 Å². The minimum Gasteiger partial charge on any atom is -0.480 e. The Morgan fingerprint density at radius 2 is 1.83 bits per heavy atom. The van der Waals surface area contributed by atoms with Crippen molar-refractivity contribution in [2.24, 2.45) is 11.6 Å². The lowest BCUT2D eigenvalue weighted by Crippen LogP contribution is -2.54. The number of nitrogens with two attached hydrogens (primary N) is 2. The van der Waals surface area contributed by atoms with Crippen LogP contribution in [0.15, 0.2) is 73.1 Å². The van der Waals surface area contributed by atoms with E-state index < -0.39 is 48.0 Å². The highest BCUT2D eigenvalue weighted by atomic mass is 16.4. The number of aliphatic carboxylic acids is 1. The van der Waals surface area contributed by atoms with Crippen molar-refractivity contribution in [1.29, 1.82) is 0 Å². The average Bonchev–Trinajstić information content (AvgIpc) is 3.50. The molecule has 15 nitrogen and oxygen atoms in total. The predicted octanol–water partition coefficient (Wildman–Crippen LogP) is -0.318. The summed E-state index contributed by atoms with van der Waals surface area (Å²) >= 11 is 0. The topological polar surface area (TPSA) is 229 Å². The molecule has 47 heavy (non-hydrogen) atoms. The van der Waals surface area contributed by atoms with Gasteiger partial charge in [0, 0.05) is 37.0 Å². The van der Waals surface area contributed by atoms with Crippen LogP contribution in [0.25, 0.3) is 0 Å². The standard InChI is InChI=1S/C32H44N8O7/c1-5-7-22(6-2)29(38-30(44)20(3)35-4)31(45)39-17-25(15-26(39)18-41)40(34)16-23(33)10-13-28(43)37-24-11-8-21(9-12-24)14-27(32(46)47)36-19-42/h5-9,11-12,16,18-20,25-27,29,35H,1-2,10,13-15,17,33-34H2,3-4H3,(H,36,42)(H,37,43)(H,38,44)(H,46,47)/b22-7+,23-16-. The molecule has 1 aromatic rings. The Morgan fingerprint density at radius 3 is 2.38 bits per heavy atom. The van der Waals surface area contributed by atoms with Gasteiger partial charge in [0.15, 0.2) is 0 Å². The maximum Gasteiger partial charge on any atom is 0.326 e. The molecule has 1 saturated heterocycles. The molecule has 9 N–H and O–H groups in total. The number of carbonyl (C=O) groups is 6. The number of aldehydes is 1. The summed E-state index contributed by atoms with van der Waals surface area (Å²) in [6, 6.07) is 2.48. The molecule has 254 valence electrons. The number of nitrogens with one attached hydrogen (secondary N) is 4. The summed E-state index contributed by atoms with van der Waals surface area (Å²) in [7, 11) is 1.61. The number of amides is 4. The first-order valence-electron chi connectivity index (χ1n) is 14.9. The molecule has 2 rings (SSSR count). The van der Waals surface area contributed by atoms with Gasteiger partial charge in [0.25, 0.3) is 0 Å². The maximum atomic E-state index is 13.7. The van der Waals surface area contributed by atoms with E-state index in [2.05, 4.69) is 34.4 Å². The minimum absolute atomic E-state index is 0.0287. The van der Waals surface area contributed by atoms with Gasteiger partial charge < -0.3 is 46.8 Å². The molecule has 1 aromatic carbocycles. The van der Waals surface area contributed by atoms with Gasteiger partial charge in [-0.05, 0) is 50.1 Å². The van der Waals surface area contributed by atoms with Crippen molar-refractivity contribution < 1.29 is 33.9 Å². The molecule has 1 fully saturated rings. The van der Waals surface area contributed by atoms with Crippen molar-refractivity contribution in [3.05, 3.63) is 78.7 Å². The highest BCUT2D eigenvalue weighted by Crippen LogP contribution is 2.23. The molecule has 0 aromatic heterocycles. The Labute approximate surface area is 273 Å². The van der Waals surface area contributed by atoms with Crippen LogP contribution in [0.3, 0.4) is 0 Å². The van der Waals surface area contributed by atoms with Crippen molar-refractivity contribution >= 4 is 42.1 Å². The summed E-state index contributed by atoms with van der Waals surface area (Å²) in [5.74, 6) is 3.85. The number of hydrogen-bond acceptors (Lipinski definition) is 10. The quantitative estimate of drug-likeness (QED) is 0.0443. The van der Waals surface area contributed by atoms with Crippen LogP contribution in [0.1, 0.15) is 31.7 Å². The Morgan fingerprint density at radius 1 is 1.15 bits per heavy atom. The Kier molecular flexibility index (Phi) is 15.0. The molecule has 1 aliphatic heterocycles.